The molecule has 2 aromatic rings. The molecule has 1 heterocycles. The Hall–Kier alpha value is -1.87. The first-order chi connectivity index (χ1) is 10.1. The van der Waals surface area contributed by atoms with Crippen molar-refractivity contribution in [1.82, 2.24) is 9.88 Å². The topological polar surface area (TPSA) is 34.0 Å². The average molecular weight is 282 g/mol. The predicted molar refractivity (Wildman–Crippen MR) is 86.1 cm³/mol. The summed E-state index contributed by atoms with van der Waals surface area (Å²) in [4.78, 5) is 12.2. The molecule has 1 N–H and O–H groups in total. The molecule has 1 saturated carbocycles. The minimum Gasteiger partial charge on any atom is -0.320 e. The van der Waals surface area contributed by atoms with Crippen LogP contribution in [-0.2, 0) is 6.54 Å². The summed E-state index contributed by atoms with van der Waals surface area (Å²) in [6.45, 7) is 6.90. The SMILES string of the molecule is Cc1cccc(-n2cc(CNC3CC3)c(=O)cc2C)c1C. The quantitative estimate of drug-likeness (QED) is 0.935. The molecular formula is C18H22N2O. The first-order valence-corrected chi connectivity index (χ1v) is 7.58. The molecule has 3 nitrogen and oxygen atoms in total. The van der Waals surface area contributed by atoms with Gasteiger partial charge >= 0.3 is 0 Å². The number of benzene rings is 1. The molecule has 0 spiro atoms. The molecule has 0 saturated heterocycles. The minimum atomic E-state index is 0.127. The molecular weight excluding hydrogens is 260 g/mol. The highest BCUT2D eigenvalue weighted by atomic mass is 16.1. The second kappa shape index (κ2) is 5.49. The van der Waals surface area contributed by atoms with Gasteiger partial charge in [0, 0.05) is 41.8 Å². The van der Waals surface area contributed by atoms with Gasteiger partial charge < -0.3 is 9.88 Å². The van der Waals surface area contributed by atoms with Crippen LogP contribution < -0.4 is 10.7 Å². The van der Waals surface area contributed by atoms with Crippen molar-refractivity contribution in [2.45, 2.75) is 46.2 Å². The highest BCUT2D eigenvalue weighted by Gasteiger charge is 2.20. The zero-order valence-corrected chi connectivity index (χ0v) is 12.9. The maximum absolute atomic E-state index is 12.2. The monoisotopic (exact) mass is 282 g/mol. The summed E-state index contributed by atoms with van der Waals surface area (Å²) in [5.41, 5.74) is 5.62. The van der Waals surface area contributed by atoms with E-state index in [9.17, 15) is 4.79 Å². The maximum atomic E-state index is 12.2. The molecule has 3 rings (SSSR count). The lowest BCUT2D eigenvalue weighted by molar-refractivity contribution is 0.679. The van der Waals surface area contributed by atoms with E-state index in [0.717, 1.165) is 16.9 Å². The third kappa shape index (κ3) is 2.93. The van der Waals surface area contributed by atoms with Crippen molar-refractivity contribution in [2.24, 2.45) is 0 Å². The van der Waals surface area contributed by atoms with Crippen LogP contribution in [0.25, 0.3) is 5.69 Å². The summed E-state index contributed by atoms with van der Waals surface area (Å²) in [5, 5.41) is 3.42. The Morgan fingerprint density at radius 2 is 2.00 bits per heavy atom. The van der Waals surface area contributed by atoms with Crippen molar-refractivity contribution >= 4 is 0 Å². The van der Waals surface area contributed by atoms with E-state index in [0.29, 0.717) is 12.6 Å². The molecule has 0 atom stereocenters. The highest BCUT2D eigenvalue weighted by Crippen LogP contribution is 2.20. The molecule has 1 aliphatic rings. The number of aryl methyl sites for hydroxylation is 2. The smallest absolute Gasteiger partial charge is 0.186 e. The van der Waals surface area contributed by atoms with Gasteiger partial charge in [0.15, 0.2) is 5.43 Å². The second-order valence-electron chi connectivity index (χ2n) is 6.05. The summed E-state index contributed by atoms with van der Waals surface area (Å²) in [7, 11) is 0. The normalized spacial score (nSPS) is 14.4. The van der Waals surface area contributed by atoms with Gasteiger partial charge in [-0.25, -0.2) is 0 Å². The molecule has 3 heteroatoms. The van der Waals surface area contributed by atoms with Gasteiger partial charge in [0.25, 0.3) is 0 Å². The molecule has 0 radical (unpaired) electrons. The average Bonchev–Trinajstić information content (AvgIpc) is 3.26. The lowest BCUT2D eigenvalue weighted by Crippen LogP contribution is -2.23. The number of pyridine rings is 1. The number of hydrogen-bond acceptors (Lipinski definition) is 2. The van der Waals surface area contributed by atoms with E-state index in [1.54, 1.807) is 6.07 Å². The van der Waals surface area contributed by atoms with Crippen LogP contribution in [0.3, 0.4) is 0 Å². The third-order valence-electron chi connectivity index (χ3n) is 4.32. The van der Waals surface area contributed by atoms with Crippen molar-refractivity contribution in [3.8, 4) is 5.69 Å². The molecule has 1 fully saturated rings. The van der Waals surface area contributed by atoms with Crippen LogP contribution in [0.15, 0.2) is 35.3 Å². The molecule has 1 aromatic carbocycles. The van der Waals surface area contributed by atoms with Gasteiger partial charge in [-0.05, 0) is 50.8 Å². The fraction of sp³-hybridized carbons (Fsp3) is 0.389. The molecule has 0 amide bonds. The Balaban J connectivity index is 2.02. The lowest BCUT2D eigenvalue weighted by Gasteiger charge is -2.16. The summed E-state index contributed by atoms with van der Waals surface area (Å²) in [5.74, 6) is 0. The van der Waals surface area contributed by atoms with E-state index in [2.05, 4.69) is 41.9 Å². The van der Waals surface area contributed by atoms with Crippen molar-refractivity contribution in [3.05, 3.63) is 63.1 Å². The van der Waals surface area contributed by atoms with Crippen LogP contribution in [0, 0.1) is 20.8 Å². The highest BCUT2D eigenvalue weighted by molar-refractivity contribution is 5.46. The van der Waals surface area contributed by atoms with Crippen LogP contribution in [0.5, 0.6) is 0 Å². The van der Waals surface area contributed by atoms with E-state index in [-0.39, 0.29) is 5.43 Å². The van der Waals surface area contributed by atoms with Gasteiger partial charge in [-0.2, -0.15) is 0 Å². The zero-order chi connectivity index (χ0) is 15.0. The van der Waals surface area contributed by atoms with Crippen LogP contribution in [0.1, 0.15) is 35.2 Å². The van der Waals surface area contributed by atoms with Gasteiger partial charge in [0.1, 0.15) is 0 Å². The van der Waals surface area contributed by atoms with Gasteiger partial charge in [-0.15, -0.1) is 0 Å². The second-order valence-corrected chi connectivity index (χ2v) is 6.05. The van der Waals surface area contributed by atoms with Crippen molar-refractivity contribution < 1.29 is 0 Å². The Labute approximate surface area is 125 Å². The lowest BCUT2D eigenvalue weighted by atomic mass is 10.1. The van der Waals surface area contributed by atoms with Crippen molar-refractivity contribution in [1.29, 1.82) is 0 Å². The van der Waals surface area contributed by atoms with Gasteiger partial charge in [0.2, 0.25) is 0 Å². The fourth-order valence-corrected chi connectivity index (χ4v) is 2.60. The maximum Gasteiger partial charge on any atom is 0.186 e. The van der Waals surface area contributed by atoms with Gasteiger partial charge in [0.05, 0.1) is 0 Å². The first-order valence-electron chi connectivity index (χ1n) is 7.58. The summed E-state index contributed by atoms with van der Waals surface area (Å²) >= 11 is 0. The molecule has 0 aliphatic heterocycles. The Kier molecular flexibility index (Phi) is 3.68. The third-order valence-corrected chi connectivity index (χ3v) is 4.32. The molecule has 110 valence electrons. The van der Waals surface area contributed by atoms with E-state index < -0.39 is 0 Å². The van der Waals surface area contributed by atoms with Crippen molar-refractivity contribution in [3.63, 3.8) is 0 Å². The summed E-state index contributed by atoms with van der Waals surface area (Å²) < 4.78 is 2.13. The Morgan fingerprint density at radius 3 is 2.71 bits per heavy atom. The largest absolute Gasteiger partial charge is 0.320 e. The fourth-order valence-electron chi connectivity index (χ4n) is 2.60. The number of nitrogens with one attached hydrogen (secondary N) is 1. The van der Waals surface area contributed by atoms with Crippen LogP contribution in [0.4, 0.5) is 0 Å². The van der Waals surface area contributed by atoms with E-state index >= 15 is 0 Å². The molecule has 1 aromatic heterocycles. The number of aromatic nitrogens is 1. The van der Waals surface area contributed by atoms with E-state index in [1.807, 2.05) is 13.1 Å². The molecule has 1 aliphatic carbocycles. The molecule has 0 bridgehead atoms. The Bertz CT molecular complexity index is 726. The minimum absolute atomic E-state index is 0.127. The Morgan fingerprint density at radius 1 is 1.24 bits per heavy atom. The molecule has 0 unspecified atom stereocenters. The number of nitrogens with zero attached hydrogens (tertiary/aromatic N) is 1. The summed E-state index contributed by atoms with van der Waals surface area (Å²) in [6, 6.07) is 8.65. The standard InChI is InChI=1S/C18H22N2O/c1-12-5-4-6-17(14(12)3)20-11-15(10-19-16-7-8-16)18(21)9-13(20)2/h4-6,9,11,16,19H,7-8,10H2,1-3H3. The number of hydrogen-bond donors (Lipinski definition) is 1. The summed E-state index contributed by atoms with van der Waals surface area (Å²) in [6.07, 6.45) is 4.46. The van der Waals surface area contributed by atoms with Crippen molar-refractivity contribution in [2.75, 3.05) is 0 Å². The predicted octanol–water partition coefficient (Wildman–Crippen LogP) is 3.01. The molecule has 21 heavy (non-hydrogen) atoms. The van der Waals surface area contributed by atoms with E-state index in [1.165, 1.54) is 24.0 Å². The van der Waals surface area contributed by atoms with E-state index in [4.69, 9.17) is 0 Å². The van der Waals surface area contributed by atoms with Gasteiger partial charge in [-0.3, -0.25) is 4.79 Å². The van der Waals surface area contributed by atoms with Crippen LogP contribution >= 0.6 is 0 Å². The van der Waals surface area contributed by atoms with Crippen LogP contribution in [-0.4, -0.2) is 10.6 Å². The first kappa shape index (κ1) is 14.1. The zero-order valence-electron chi connectivity index (χ0n) is 12.9. The number of rotatable bonds is 4. The van der Waals surface area contributed by atoms with Gasteiger partial charge in [-0.1, -0.05) is 12.1 Å². The van der Waals surface area contributed by atoms with Crippen LogP contribution in [0.2, 0.25) is 0 Å².